The van der Waals surface area contributed by atoms with E-state index in [1.54, 1.807) is 12.1 Å². The summed E-state index contributed by atoms with van der Waals surface area (Å²) in [7, 11) is 0. The van der Waals surface area contributed by atoms with Gasteiger partial charge in [0.1, 0.15) is 6.61 Å². The van der Waals surface area contributed by atoms with Gasteiger partial charge in [0.05, 0.1) is 12.0 Å². The number of imide groups is 1. The molecule has 3 aromatic carbocycles. The molecule has 0 N–H and O–H groups in total. The van der Waals surface area contributed by atoms with Crippen LogP contribution in [0.5, 0.6) is 0 Å². The van der Waals surface area contributed by atoms with Crippen LogP contribution in [0.1, 0.15) is 66.2 Å². The summed E-state index contributed by atoms with van der Waals surface area (Å²) < 4.78 is 5.34. The lowest BCUT2D eigenvalue weighted by molar-refractivity contribution is -0.130. The first-order valence-electron chi connectivity index (χ1n) is 12.4. The predicted octanol–water partition coefficient (Wildman–Crippen LogP) is 6.10. The van der Waals surface area contributed by atoms with Crippen LogP contribution >= 0.6 is 0 Å². The van der Waals surface area contributed by atoms with Crippen molar-refractivity contribution in [2.24, 2.45) is 0 Å². The fraction of sp³-hybridized carbons (Fsp3) is 0.323. The summed E-state index contributed by atoms with van der Waals surface area (Å²) in [5.74, 6) is -0.834. The third kappa shape index (κ3) is 5.73. The second kappa shape index (κ2) is 10.5. The van der Waals surface area contributed by atoms with Gasteiger partial charge in [-0.05, 0) is 47.4 Å². The van der Waals surface area contributed by atoms with E-state index in [9.17, 15) is 14.4 Å². The van der Waals surface area contributed by atoms with Crippen LogP contribution < -0.4 is 0 Å². The number of hydrogen-bond donors (Lipinski definition) is 0. The Kier molecular flexibility index (Phi) is 7.39. The van der Waals surface area contributed by atoms with Gasteiger partial charge >= 0.3 is 6.09 Å². The minimum absolute atomic E-state index is 0.00416. The van der Waals surface area contributed by atoms with E-state index in [0.717, 1.165) is 16.7 Å². The Bertz CT molecular complexity index is 1220. The van der Waals surface area contributed by atoms with Gasteiger partial charge in [-0.3, -0.25) is 9.59 Å². The zero-order valence-electron chi connectivity index (χ0n) is 21.4. The normalized spacial score (nSPS) is 16.5. The second-order valence-corrected chi connectivity index (χ2v) is 10.5. The second-order valence-electron chi connectivity index (χ2n) is 10.5. The number of benzene rings is 3. The van der Waals surface area contributed by atoms with Crippen molar-refractivity contribution in [3.63, 3.8) is 0 Å². The number of amides is 2. The summed E-state index contributed by atoms with van der Waals surface area (Å²) >= 11 is 0. The van der Waals surface area contributed by atoms with Gasteiger partial charge in [0, 0.05) is 5.56 Å². The highest BCUT2D eigenvalue weighted by atomic mass is 16.6. The highest BCUT2D eigenvalue weighted by Crippen LogP contribution is 2.30. The molecule has 0 aromatic heterocycles. The van der Waals surface area contributed by atoms with E-state index >= 15 is 0 Å². The molecule has 0 bridgehead atoms. The van der Waals surface area contributed by atoms with Crippen molar-refractivity contribution in [3.8, 4) is 0 Å². The van der Waals surface area contributed by atoms with E-state index in [1.807, 2.05) is 54.6 Å². The molecule has 186 valence electrons. The fourth-order valence-corrected chi connectivity index (χ4v) is 4.61. The molecular formula is C31H33NO4. The monoisotopic (exact) mass is 483 g/mol. The number of Topliss-reactive ketones (excluding diaryl/α,β-unsaturated/α-hetero) is 1. The van der Waals surface area contributed by atoms with Crippen LogP contribution in [-0.4, -0.2) is 35.3 Å². The topological polar surface area (TPSA) is 63.7 Å². The quantitative estimate of drug-likeness (QED) is 0.381. The summed E-state index contributed by atoms with van der Waals surface area (Å²) in [5.41, 5.74) is 4.60. The number of rotatable bonds is 7. The van der Waals surface area contributed by atoms with Crippen LogP contribution in [0.25, 0.3) is 0 Å². The third-order valence-corrected chi connectivity index (χ3v) is 6.79. The maximum absolute atomic E-state index is 14.0. The SMILES string of the molecule is CC(=O)c1ccc(C[C@H](C(=O)N2C(=O)OC[C@H]2Cc2ccccc2)c2ccc(C(C)(C)C)cc2)cc1. The molecule has 1 aliphatic heterocycles. The van der Waals surface area contributed by atoms with Crippen molar-refractivity contribution in [1.82, 2.24) is 4.90 Å². The minimum atomic E-state index is -0.593. The lowest BCUT2D eigenvalue weighted by Gasteiger charge is -2.26. The number of nitrogens with zero attached hydrogens (tertiary/aromatic N) is 1. The van der Waals surface area contributed by atoms with Gasteiger partial charge < -0.3 is 4.74 Å². The molecule has 2 atom stereocenters. The minimum Gasteiger partial charge on any atom is -0.447 e. The van der Waals surface area contributed by atoms with Crippen LogP contribution in [0.2, 0.25) is 0 Å². The summed E-state index contributed by atoms with van der Waals surface area (Å²) in [6.45, 7) is 8.16. The average molecular weight is 484 g/mol. The van der Waals surface area contributed by atoms with Gasteiger partial charge in [0.2, 0.25) is 5.91 Å². The van der Waals surface area contributed by atoms with Crippen molar-refractivity contribution in [2.75, 3.05) is 6.61 Å². The Morgan fingerprint density at radius 3 is 2.14 bits per heavy atom. The smallest absolute Gasteiger partial charge is 0.417 e. The Balaban J connectivity index is 1.66. The summed E-state index contributed by atoms with van der Waals surface area (Å²) in [6, 6.07) is 24.9. The highest BCUT2D eigenvalue weighted by Gasteiger charge is 2.41. The van der Waals surface area contributed by atoms with Crippen LogP contribution in [-0.2, 0) is 27.8 Å². The van der Waals surface area contributed by atoms with E-state index < -0.39 is 12.0 Å². The first-order chi connectivity index (χ1) is 17.1. The maximum atomic E-state index is 14.0. The molecule has 0 spiro atoms. The molecule has 36 heavy (non-hydrogen) atoms. The first-order valence-corrected chi connectivity index (χ1v) is 12.4. The van der Waals surface area contributed by atoms with Gasteiger partial charge in [-0.1, -0.05) is 99.6 Å². The molecule has 5 nitrogen and oxygen atoms in total. The maximum Gasteiger partial charge on any atom is 0.417 e. The third-order valence-electron chi connectivity index (χ3n) is 6.79. The van der Waals surface area contributed by atoms with Crippen molar-refractivity contribution >= 4 is 17.8 Å². The molecule has 0 aliphatic carbocycles. The largest absolute Gasteiger partial charge is 0.447 e. The van der Waals surface area contributed by atoms with Gasteiger partial charge in [-0.2, -0.15) is 0 Å². The Labute approximate surface area is 213 Å². The van der Waals surface area contributed by atoms with E-state index in [1.165, 1.54) is 17.4 Å². The molecule has 2 amide bonds. The summed E-state index contributed by atoms with van der Waals surface area (Å²) in [5, 5.41) is 0. The lowest BCUT2D eigenvalue weighted by atomic mass is 9.84. The number of carbonyl (C=O) groups is 3. The molecule has 1 aliphatic rings. The molecule has 0 radical (unpaired) electrons. The van der Waals surface area contributed by atoms with Crippen molar-refractivity contribution in [1.29, 1.82) is 0 Å². The van der Waals surface area contributed by atoms with Gasteiger partial charge in [-0.15, -0.1) is 0 Å². The van der Waals surface area contributed by atoms with Gasteiger partial charge in [0.25, 0.3) is 0 Å². The van der Waals surface area contributed by atoms with E-state index in [2.05, 4.69) is 32.9 Å². The van der Waals surface area contributed by atoms with Crippen LogP contribution in [0.15, 0.2) is 78.9 Å². The number of ketones is 1. The zero-order valence-corrected chi connectivity index (χ0v) is 21.4. The molecule has 5 heteroatoms. The number of cyclic esters (lactones) is 1. The van der Waals surface area contributed by atoms with Crippen LogP contribution in [0.3, 0.4) is 0 Å². The summed E-state index contributed by atoms with van der Waals surface area (Å²) in [6.07, 6.45) is 0.360. The highest BCUT2D eigenvalue weighted by molar-refractivity contribution is 5.97. The average Bonchev–Trinajstić information content (AvgIpc) is 3.22. The lowest BCUT2D eigenvalue weighted by Crippen LogP contribution is -2.43. The molecule has 1 fully saturated rings. The van der Waals surface area contributed by atoms with Gasteiger partial charge in [-0.25, -0.2) is 9.69 Å². The van der Waals surface area contributed by atoms with E-state index in [0.29, 0.717) is 18.4 Å². The number of hydrogen-bond acceptors (Lipinski definition) is 4. The van der Waals surface area contributed by atoms with Crippen LogP contribution in [0.4, 0.5) is 4.79 Å². The molecule has 1 saturated heterocycles. The first kappa shape index (κ1) is 25.4. The zero-order chi connectivity index (χ0) is 25.9. The molecule has 0 unspecified atom stereocenters. The van der Waals surface area contributed by atoms with E-state index in [-0.39, 0.29) is 29.8 Å². The Hall–Kier alpha value is -3.73. The molecule has 4 rings (SSSR count). The Morgan fingerprint density at radius 2 is 1.56 bits per heavy atom. The molecule has 3 aromatic rings. The summed E-state index contributed by atoms with van der Waals surface area (Å²) in [4.78, 5) is 39.8. The van der Waals surface area contributed by atoms with Crippen LogP contribution in [0, 0.1) is 0 Å². The van der Waals surface area contributed by atoms with Gasteiger partial charge in [0.15, 0.2) is 5.78 Å². The van der Waals surface area contributed by atoms with Crippen molar-refractivity contribution < 1.29 is 19.1 Å². The van der Waals surface area contributed by atoms with Crippen molar-refractivity contribution in [3.05, 3.63) is 107 Å². The van der Waals surface area contributed by atoms with E-state index in [4.69, 9.17) is 4.74 Å². The number of ether oxygens (including phenoxy) is 1. The van der Waals surface area contributed by atoms with Crippen molar-refractivity contribution in [2.45, 2.75) is 57.9 Å². The molecular weight excluding hydrogens is 450 g/mol. The molecule has 0 saturated carbocycles. The standard InChI is InChI=1S/C31H33NO4/c1-21(33)24-12-10-23(11-13-24)19-28(25-14-16-26(17-15-25)31(2,3)4)29(34)32-27(20-36-30(32)35)18-22-8-6-5-7-9-22/h5-17,27-28H,18-20H2,1-4H3/t27-,28+/m1/s1. The predicted molar refractivity (Wildman–Crippen MR) is 140 cm³/mol. The molecule has 1 heterocycles. The fourth-order valence-electron chi connectivity index (χ4n) is 4.61. The Morgan fingerprint density at radius 1 is 0.917 bits per heavy atom. The number of carbonyl (C=O) groups excluding carboxylic acids is 3.